The predicted octanol–water partition coefficient (Wildman–Crippen LogP) is 2.74. The summed E-state index contributed by atoms with van der Waals surface area (Å²) in [4.78, 5) is 23.4. The van der Waals surface area contributed by atoms with Gasteiger partial charge in [0.25, 0.3) is 5.91 Å². The highest BCUT2D eigenvalue weighted by molar-refractivity contribution is 8.01. The highest BCUT2D eigenvalue weighted by Gasteiger charge is 2.21. The molecule has 25 heavy (non-hydrogen) atoms. The number of para-hydroxylation sites is 1. The number of carbonyl (C=O) groups is 2. The molecule has 1 amide bonds. The van der Waals surface area contributed by atoms with Crippen molar-refractivity contribution in [2.24, 2.45) is 0 Å². The Bertz CT molecular complexity index is 741. The molecule has 2 aromatic rings. The molecule has 1 atom stereocenters. The summed E-state index contributed by atoms with van der Waals surface area (Å²) in [6.45, 7) is 1.75. The minimum absolute atomic E-state index is 0.0103. The molecule has 1 heterocycles. The summed E-state index contributed by atoms with van der Waals surface area (Å²) in [7, 11) is 1.30. The van der Waals surface area contributed by atoms with Crippen LogP contribution in [0.15, 0.2) is 28.6 Å². The molecule has 10 heteroatoms. The van der Waals surface area contributed by atoms with E-state index in [0.29, 0.717) is 10.8 Å². The van der Waals surface area contributed by atoms with Crippen molar-refractivity contribution in [1.82, 2.24) is 10.2 Å². The Morgan fingerprint density at radius 3 is 2.80 bits per heavy atom. The molecule has 1 N–H and O–H groups in total. The van der Waals surface area contributed by atoms with Crippen molar-refractivity contribution >= 4 is 40.1 Å². The van der Waals surface area contributed by atoms with Gasteiger partial charge in [-0.3, -0.25) is 14.9 Å². The second-order valence-electron chi connectivity index (χ2n) is 4.67. The van der Waals surface area contributed by atoms with Crippen LogP contribution in [0.1, 0.15) is 13.3 Å². The third-order valence-electron chi connectivity index (χ3n) is 2.95. The van der Waals surface area contributed by atoms with Crippen LogP contribution in [-0.4, -0.2) is 41.0 Å². The maximum Gasteiger partial charge on any atom is 0.316 e. The second-order valence-corrected chi connectivity index (χ2v) is 6.87. The van der Waals surface area contributed by atoms with Crippen molar-refractivity contribution in [1.29, 1.82) is 0 Å². The van der Waals surface area contributed by atoms with Crippen LogP contribution in [0.25, 0.3) is 0 Å². The van der Waals surface area contributed by atoms with E-state index in [4.69, 9.17) is 4.74 Å². The Labute approximate surface area is 151 Å². The van der Waals surface area contributed by atoms with Crippen molar-refractivity contribution < 1.29 is 23.5 Å². The Balaban J connectivity index is 1.94. The van der Waals surface area contributed by atoms with Crippen LogP contribution in [0.4, 0.5) is 9.52 Å². The van der Waals surface area contributed by atoms with E-state index in [1.807, 2.05) is 0 Å². The summed E-state index contributed by atoms with van der Waals surface area (Å²) in [5, 5.41) is 10.6. The first kappa shape index (κ1) is 19.1. The van der Waals surface area contributed by atoms with Gasteiger partial charge in [0.1, 0.15) is 0 Å². The molecule has 1 aromatic heterocycles. The molecule has 0 aliphatic carbocycles. The van der Waals surface area contributed by atoms with E-state index in [1.165, 1.54) is 25.3 Å². The fourth-order valence-corrected chi connectivity index (χ4v) is 3.29. The van der Waals surface area contributed by atoms with Crippen LogP contribution >= 0.6 is 23.1 Å². The highest BCUT2D eigenvalue weighted by Crippen LogP contribution is 2.26. The minimum Gasteiger partial charge on any atom is -0.478 e. The Hall–Kier alpha value is -2.20. The van der Waals surface area contributed by atoms with Crippen LogP contribution < -0.4 is 10.1 Å². The zero-order chi connectivity index (χ0) is 18.2. The van der Waals surface area contributed by atoms with Gasteiger partial charge in [0.05, 0.1) is 12.9 Å². The van der Waals surface area contributed by atoms with Crippen LogP contribution in [0.5, 0.6) is 5.75 Å². The SMILES string of the molecule is CCC(Oc1ccccc1F)C(=O)Nc1nnc(SCC(=O)OC)s1. The number of benzene rings is 1. The largest absolute Gasteiger partial charge is 0.478 e. The van der Waals surface area contributed by atoms with Crippen LogP contribution in [0.3, 0.4) is 0 Å². The Morgan fingerprint density at radius 1 is 1.36 bits per heavy atom. The molecular formula is C15H16FN3O4S2. The lowest BCUT2D eigenvalue weighted by Crippen LogP contribution is -2.32. The topological polar surface area (TPSA) is 90.4 Å². The van der Waals surface area contributed by atoms with Gasteiger partial charge in [-0.25, -0.2) is 4.39 Å². The molecule has 0 aliphatic heterocycles. The zero-order valence-electron chi connectivity index (χ0n) is 13.5. The fourth-order valence-electron chi connectivity index (χ4n) is 1.70. The molecule has 0 fully saturated rings. The number of nitrogens with one attached hydrogen (secondary N) is 1. The van der Waals surface area contributed by atoms with E-state index < -0.39 is 17.8 Å². The van der Waals surface area contributed by atoms with Crippen molar-refractivity contribution in [2.75, 3.05) is 18.2 Å². The van der Waals surface area contributed by atoms with Gasteiger partial charge in [0, 0.05) is 0 Å². The van der Waals surface area contributed by atoms with Crippen molar-refractivity contribution in [3.63, 3.8) is 0 Å². The van der Waals surface area contributed by atoms with Gasteiger partial charge in [-0.2, -0.15) is 0 Å². The number of halogens is 1. The third-order valence-corrected chi connectivity index (χ3v) is 4.89. The molecule has 134 valence electrons. The molecule has 7 nitrogen and oxygen atoms in total. The summed E-state index contributed by atoms with van der Waals surface area (Å²) < 4.78 is 24.1. The fraction of sp³-hybridized carbons (Fsp3) is 0.333. The first-order valence-electron chi connectivity index (χ1n) is 7.28. The lowest BCUT2D eigenvalue weighted by atomic mass is 10.2. The molecule has 1 aromatic carbocycles. The quantitative estimate of drug-likeness (QED) is 0.424. The Kier molecular flexibility index (Phi) is 7.14. The van der Waals surface area contributed by atoms with E-state index in [-0.39, 0.29) is 22.6 Å². The van der Waals surface area contributed by atoms with Gasteiger partial charge in [-0.05, 0) is 18.6 Å². The number of anilines is 1. The van der Waals surface area contributed by atoms with E-state index >= 15 is 0 Å². The van der Waals surface area contributed by atoms with Crippen LogP contribution in [-0.2, 0) is 14.3 Å². The summed E-state index contributed by atoms with van der Waals surface area (Å²) in [5.74, 6) is -1.25. The molecule has 0 radical (unpaired) electrons. The van der Waals surface area contributed by atoms with E-state index in [9.17, 15) is 14.0 Å². The number of thioether (sulfide) groups is 1. The van der Waals surface area contributed by atoms with E-state index in [2.05, 4.69) is 20.3 Å². The lowest BCUT2D eigenvalue weighted by molar-refractivity contribution is -0.137. The first-order chi connectivity index (χ1) is 12.0. The Morgan fingerprint density at radius 2 is 2.12 bits per heavy atom. The number of nitrogens with zero attached hydrogens (tertiary/aromatic N) is 2. The van der Waals surface area contributed by atoms with Gasteiger partial charge in [-0.15, -0.1) is 10.2 Å². The number of carbonyl (C=O) groups excluding carboxylic acids is 2. The van der Waals surface area contributed by atoms with Gasteiger partial charge in [-0.1, -0.05) is 42.2 Å². The molecule has 2 rings (SSSR count). The number of rotatable bonds is 8. The number of hydrogen-bond donors (Lipinski definition) is 1. The van der Waals surface area contributed by atoms with Crippen molar-refractivity contribution in [2.45, 2.75) is 23.8 Å². The predicted molar refractivity (Wildman–Crippen MR) is 92.4 cm³/mol. The van der Waals surface area contributed by atoms with Gasteiger partial charge in [0.15, 0.2) is 22.0 Å². The third kappa shape index (κ3) is 5.68. The average Bonchev–Trinajstić information content (AvgIpc) is 3.06. The summed E-state index contributed by atoms with van der Waals surface area (Å²) in [6.07, 6.45) is -0.518. The van der Waals surface area contributed by atoms with E-state index in [0.717, 1.165) is 23.1 Å². The highest BCUT2D eigenvalue weighted by atomic mass is 32.2. The number of amides is 1. The van der Waals surface area contributed by atoms with Gasteiger partial charge in [0.2, 0.25) is 5.13 Å². The molecular weight excluding hydrogens is 369 g/mol. The molecule has 1 unspecified atom stereocenters. The smallest absolute Gasteiger partial charge is 0.316 e. The number of aromatic nitrogens is 2. The molecule has 0 saturated heterocycles. The number of hydrogen-bond acceptors (Lipinski definition) is 8. The minimum atomic E-state index is -0.869. The standard InChI is InChI=1S/C15H16FN3O4S2/c1-3-10(23-11-7-5-4-6-9(11)16)13(21)17-14-18-19-15(25-14)24-8-12(20)22-2/h4-7,10H,3,8H2,1-2H3,(H,17,18,21). The van der Waals surface area contributed by atoms with Gasteiger partial charge >= 0.3 is 5.97 Å². The summed E-state index contributed by atoms with van der Waals surface area (Å²) in [5.41, 5.74) is 0. The maximum absolute atomic E-state index is 13.6. The number of ether oxygens (including phenoxy) is 2. The zero-order valence-corrected chi connectivity index (χ0v) is 15.2. The lowest BCUT2D eigenvalue weighted by Gasteiger charge is -2.16. The molecule has 0 aliphatic rings. The molecule has 0 saturated carbocycles. The molecule has 0 bridgehead atoms. The second kappa shape index (κ2) is 9.33. The van der Waals surface area contributed by atoms with Gasteiger partial charge < -0.3 is 9.47 Å². The summed E-state index contributed by atoms with van der Waals surface area (Å²) >= 11 is 2.28. The number of methoxy groups -OCH3 is 1. The van der Waals surface area contributed by atoms with Crippen molar-refractivity contribution in [3.8, 4) is 5.75 Å². The van der Waals surface area contributed by atoms with Crippen molar-refractivity contribution in [3.05, 3.63) is 30.1 Å². The number of esters is 1. The van der Waals surface area contributed by atoms with E-state index in [1.54, 1.807) is 13.0 Å². The maximum atomic E-state index is 13.6. The first-order valence-corrected chi connectivity index (χ1v) is 9.08. The average molecular weight is 385 g/mol. The normalized spacial score (nSPS) is 11.6. The van der Waals surface area contributed by atoms with Crippen LogP contribution in [0, 0.1) is 5.82 Å². The summed E-state index contributed by atoms with van der Waals surface area (Å²) in [6, 6.07) is 5.88. The monoisotopic (exact) mass is 385 g/mol. The molecule has 0 spiro atoms. The van der Waals surface area contributed by atoms with Crippen LogP contribution in [0.2, 0.25) is 0 Å².